The molecule has 0 spiro atoms. The summed E-state index contributed by atoms with van der Waals surface area (Å²) in [6.45, 7) is 3.04. The molecule has 4 nitrogen and oxygen atoms in total. The summed E-state index contributed by atoms with van der Waals surface area (Å²) >= 11 is 1.53. The third-order valence-corrected chi connectivity index (χ3v) is 3.53. The molecule has 0 bridgehead atoms. The molecule has 2 heterocycles. The van der Waals surface area contributed by atoms with E-state index in [0.29, 0.717) is 5.88 Å². The maximum absolute atomic E-state index is 5.66. The Hall–Kier alpha value is -0.810. The highest BCUT2D eigenvalue weighted by atomic mass is 32.2. The molecule has 94 valence electrons. The van der Waals surface area contributed by atoms with Crippen molar-refractivity contribution in [3.63, 3.8) is 0 Å². The molecule has 1 aliphatic heterocycles. The molecule has 1 aliphatic rings. The number of hydrogen-bond donors (Lipinski definition) is 1. The Morgan fingerprint density at radius 1 is 1.59 bits per heavy atom. The molecule has 2 rings (SSSR count). The molecule has 5 heteroatoms. The van der Waals surface area contributed by atoms with Gasteiger partial charge in [-0.2, -0.15) is 4.98 Å². The minimum Gasteiger partial charge on any atom is -0.478 e. The van der Waals surface area contributed by atoms with E-state index < -0.39 is 0 Å². The molecule has 1 atom stereocenters. The molecule has 0 unspecified atom stereocenters. The van der Waals surface area contributed by atoms with E-state index in [-0.39, 0.29) is 0 Å². The van der Waals surface area contributed by atoms with Gasteiger partial charge in [0.25, 0.3) is 0 Å². The maximum Gasteiger partial charge on any atom is 0.217 e. The third-order valence-electron chi connectivity index (χ3n) is 2.97. The van der Waals surface area contributed by atoms with Crippen molar-refractivity contribution < 1.29 is 4.74 Å². The van der Waals surface area contributed by atoms with Gasteiger partial charge in [-0.25, -0.2) is 4.98 Å². The quantitative estimate of drug-likeness (QED) is 0.642. The molecule has 17 heavy (non-hydrogen) atoms. The summed E-state index contributed by atoms with van der Waals surface area (Å²) in [5, 5.41) is 4.18. The highest BCUT2D eigenvalue weighted by Crippen LogP contribution is 2.16. The van der Waals surface area contributed by atoms with E-state index in [1.807, 2.05) is 12.3 Å². The van der Waals surface area contributed by atoms with Crippen LogP contribution in [-0.2, 0) is 0 Å². The highest BCUT2D eigenvalue weighted by Gasteiger charge is 2.12. The number of hydrogen-bond acceptors (Lipinski definition) is 5. The van der Waals surface area contributed by atoms with Crippen molar-refractivity contribution in [3.05, 3.63) is 12.3 Å². The Labute approximate surface area is 107 Å². The van der Waals surface area contributed by atoms with Crippen LogP contribution in [0.4, 0.5) is 0 Å². The summed E-state index contributed by atoms with van der Waals surface area (Å²) < 4.78 is 5.66. The Morgan fingerprint density at radius 2 is 2.53 bits per heavy atom. The molecule has 1 aromatic heterocycles. The Balaban J connectivity index is 1.73. The average Bonchev–Trinajstić information content (AvgIpc) is 2.40. The summed E-state index contributed by atoms with van der Waals surface area (Å²) in [5.41, 5.74) is 0. The van der Waals surface area contributed by atoms with Gasteiger partial charge in [-0.3, -0.25) is 0 Å². The fourth-order valence-corrected chi connectivity index (χ4v) is 2.35. The molecular formula is C12H19N3OS. The van der Waals surface area contributed by atoms with Crippen LogP contribution in [0.25, 0.3) is 0 Å². The van der Waals surface area contributed by atoms with E-state index in [9.17, 15) is 0 Å². The third kappa shape index (κ3) is 4.16. The van der Waals surface area contributed by atoms with Gasteiger partial charge in [0.05, 0.1) is 6.61 Å². The van der Waals surface area contributed by atoms with Crippen molar-refractivity contribution in [1.82, 2.24) is 15.3 Å². The molecule has 1 N–H and O–H groups in total. The van der Waals surface area contributed by atoms with Crippen LogP contribution in [0, 0.1) is 5.92 Å². The lowest BCUT2D eigenvalue weighted by molar-refractivity contribution is 0.245. The second-order valence-electron chi connectivity index (χ2n) is 4.23. The topological polar surface area (TPSA) is 47.0 Å². The normalized spacial score (nSPS) is 20.2. The van der Waals surface area contributed by atoms with E-state index >= 15 is 0 Å². The first-order chi connectivity index (χ1) is 8.38. The van der Waals surface area contributed by atoms with Gasteiger partial charge in [-0.1, -0.05) is 11.8 Å². The van der Waals surface area contributed by atoms with Crippen molar-refractivity contribution in [2.45, 2.75) is 24.4 Å². The first-order valence-electron chi connectivity index (χ1n) is 6.09. The van der Waals surface area contributed by atoms with E-state index in [2.05, 4.69) is 15.3 Å². The van der Waals surface area contributed by atoms with Gasteiger partial charge in [0, 0.05) is 12.3 Å². The minimum atomic E-state index is 0.688. The molecule has 0 saturated carbocycles. The zero-order valence-corrected chi connectivity index (χ0v) is 11.0. The Kier molecular flexibility index (Phi) is 5.07. The van der Waals surface area contributed by atoms with Crippen LogP contribution in [0.1, 0.15) is 19.3 Å². The SMILES string of the molecule is CSc1nccc(OCC[C@@H]2CCCNC2)n1. The van der Waals surface area contributed by atoms with Crippen molar-refractivity contribution in [2.24, 2.45) is 5.92 Å². The summed E-state index contributed by atoms with van der Waals surface area (Å²) in [6, 6.07) is 1.82. The summed E-state index contributed by atoms with van der Waals surface area (Å²) in [4.78, 5) is 8.41. The molecule has 1 aromatic rings. The van der Waals surface area contributed by atoms with E-state index in [1.54, 1.807) is 6.20 Å². The monoisotopic (exact) mass is 253 g/mol. The van der Waals surface area contributed by atoms with Crippen LogP contribution in [0.15, 0.2) is 17.4 Å². The summed E-state index contributed by atoms with van der Waals surface area (Å²) in [7, 11) is 0. The Morgan fingerprint density at radius 3 is 3.29 bits per heavy atom. The van der Waals surface area contributed by atoms with Gasteiger partial charge in [-0.15, -0.1) is 0 Å². The van der Waals surface area contributed by atoms with Crippen LogP contribution < -0.4 is 10.1 Å². The number of nitrogens with zero attached hydrogens (tertiary/aromatic N) is 2. The van der Waals surface area contributed by atoms with Gasteiger partial charge >= 0.3 is 0 Å². The average molecular weight is 253 g/mol. The zero-order valence-electron chi connectivity index (χ0n) is 10.2. The van der Waals surface area contributed by atoms with E-state index in [0.717, 1.165) is 30.6 Å². The van der Waals surface area contributed by atoms with Crippen molar-refractivity contribution in [1.29, 1.82) is 0 Å². The second kappa shape index (κ2) is 6.81. The van der Waals surface area contributed by atoms with Gasteiger partial charge in [-0.05, 0) is 44.5 Å². The lowest BCUT2D eigenvalue weighted by Crippen LogP contribution is -2.30. The number of nitrogens with one attached hydrogen (secondary N) is 1. The number of thioether (sulfide) groups is 1. The first kappa shape index (κ1) is 12.6. The first-order valence-corrected chi connectivity index (χ1v) is 7.31. The summed E-state index contributed by atoms with van der Waals surface area (Å²) in [5.74, 6) is 1.44. The zero-order chi connectivity index (χ0) is 11.9. The largest absolute Gasteiger partial charge is 0.478 e. The lowest BCUT2D eigenvalue weighted by atomic mass is 9.97. The van der Waals surface area contributed by atoms with Gasteiger partial charge in [0.1, 0.15) is 0 Å². The van der Waals surface area contributed by atoms with Gasteiger partial charge in [0.15, 0.2) is 5.16 Å². The molecule has 0 amide bonds. The standard InChI is InChI=1S/C12H19N3OS/c1-17-12-14-7-4-11(15-12)16-8-5-10-3-2-6-13-9-10/h4,7,10,13H,2-3,5-6,8-9H2,1H3/t10-/m0/s1. The summed E-state index contributed by atoms with van der Waals surface area (Å²) in [6.07, 6.45) is 7.42. The van der Waals surface area contributed by atoms with Crippen LogP contribution in [0.3, 0.4) is 0 Å². The van der Waals surface area contributed by atoms with Crippen LogP contribution >= 0.6 is 11.8 Å². The van der Waals surface area contributed by atoms with Crippen LogP contribution in [0.2, 0.25) is 0 Å². The van der Waals surface area contributed by atoms with Gasteiger partial charge in [0.2, 0.25) is 5.88 Å². The molecule has 0 radical (unpaired) electrons. The number of aromatic nitrogens is 2. The minimum absolute atomic E-state index is 0.688. The molecule has 1 fully saturated rings. The molecule has 0 aliphatic carbocycles. The predicted octanol–water partition coefficient (Wildman–Crippen LogP) is 1.97. The Bertz CT molecular complexity index is 342. The van der Waals surface area contributed by atoms with Gasteiger partial charge < -0.3 is 10.1 Å². The molecule has 0 aromatic carbocycles. The predicted molar refractivity (Wildman–Crippen MR) is 69.5 cm³/mol. The van der Waals surface area contributed by atoms with Crippen molar-refractivity contribution in [3.8, 4) is 5.88 Å². The van der Waals surface area contributed by atoms with Crippen molar-refractivity contribution in [2.75, 3.05) is 26.0 Å². The van der Waals surface area contributed by atoms with Crippen molar-refractivity contribution >= 4 is 11.8 Å². The van der Waals surface area contributed by atoms with E-state index in [4.69, 9.17) is 4.74 Å². The number of piperidine rings is 1. The molecular weight excluding hydrogens is 234 g/mol. The van der Waals surface area contributed by atoms with Crippen LogP contribution in [0.5, 0.6) is 5.88 Å². The fraction of sp³-hybridized carbons (Fsp3) is 0.667. The van der Waals surface area contributed by atoms with E-state index in [1.165, 1.54) is 31.1 Å². The molecule has 1 saturated heterocycles. The lowest BCUT2D eigenvalue weighted by Gasteiger charge is -2.22. The fourth-order valence-electron chi connectivity index (χ4n) is 2.00. The van der Waals surface area contributed by atoms with Crippen LogP contribution in [-0.4, -0.2) is 35.9 Å². The number of rotatable bonds is 5. The second-order valence-corrected chi connectivity index (χ2v) is 5.00. The smallest absolute Gasteiger partial charge is 0.217 e. The highest BCUT2D eigenvalue weighted by molar-refractivity contribution is 7.98. The maximum atomic E-state index is 5.66. The number of ether oxygens (including phenoxy) is 1.